The first-order valence-electron chi connectivity index (χ1n) is 6.82. The van der Waals surface area contributed by atoms with E-state index in [1.165, 1.54) is 5.56 Å². The molecule has 1 N–H and O–H groups in total. The van der Waals surface area contributed by atoms with Crippen LogP contribution < -0.4 is 14.8 Å². The molecule has 4 nitrogen and oxygen atoms in total. The molecular weight excluding hydrogens is 276 g/mol. The molecule has 1 aromatic carbocycles. The number of hydrogen-bond acceptors (Lipinski definition) is 4. The number of benzene rings is 1. The molecule has 0 saturated carbocycles. The Kier molecular flexibility index (Phi) is 6.59. The van der Waals surface area contributed by atoms with Gasteiger partial charge in [-0.25, -0.2) is 0 Å². The van der Waals surface area contributed by atoms with Gasteiger partial charge in [0.2, 0.25) is 0 Å². The van der Waals surface area contributed by atoms with E-state index in [-0.39, 0.29) is 12.4 Å². The third-order valence-corrected chi connectivity index (χ3v) is 3.51. The summed E-state index contributed by atoms with van der Waals surface area (Å²) in [6.45, 7) is 7.48. The van der Waals surface area contributed by atoms with Crippen molar-refractivity contribution in [1.29, 1.82) is 0 Å². The number of rotatable bonds is 4. The molecule has 5 heteroatoms. The minimum absolute atomic E-state index is 0. The van der Waals surface area contributed by atoms with Crippen molar-refractivity contribution in [3.05, 3.63) is 23.8 Å². The fourth-order valence-electron chi connectivity index (χ4n) is 2.89. The minimum atomic E-state index is 0. The molecule has 20 heavy (non-hydrogen) atoms. The van der Waals surface area contributed by atoms with E-state index in [1.807, 2.05) is 12.1 Å². The molecule has 1 heterocycles. The van der Waals surface area contributed by atoms with E-state index in [2.05, 4.69) is 30.1 Å². The first-order valence-corrected chi connectivity index (χ1v) is 6.82. The summed E-state index contributed by atoms with van der Waals surface area (Å²) in [6, 6.07) is 7.12. The van der Waals surface area contributed by atoms with Crippen LogP contribution in [-0.2, 0) is 6.54 Å². The Balaban J connectivity index is 0.00000200. The Morgan fingerprint density at radius 3 is 2.35 bits per heavy atom. The zero-order valence-electron chi connectivity index (χ0n) is 12.7. The monoisotopic (exact) mass is 300 g/mol. The third kappa shape index (κ3) is 4.01. The van der Waals surface area contributed by atoms with Crippen LogP contribution in [0.2, 0.25) is 0 Å². The minimum Gasteiger partial charge on any atom is -0.493 e. The van der Waals surface area contributed by atoms with Crippen molar-refractivity contribution >= 4 is 12.4 Å². The molecule has 0 aliphatic carbocycles. The summed E-state index contributed by atoms with van der Waals surface area (Å²) in [5, 5.41) is 3.55. The predicted molar refractivity (Wildman–Crippen MR) is 84.1 cm³/mol. The third-order valence-electron chi connectivity index (χ3n) is 3.51. The number of para-hydroxylation sites is 1. The van der Waals surface area contributed by atoms with Crippen LogP contribution in [0.3, 0.4) is 0 Å². The number of nitrogens with one attached hydrogen (secondary N) is 1. The van der Waals surface area contributed by atoms with Crippen molar-refractivity contribution in [2.45, 2.75) is 32.5 Å². The molecule has 1 fully saturated rings. The predicted octanol–water partition coefficient (Wildman–Crippen LogP) is 2.31. The van der Waals surface area contributed by atoms with E-state index in [9.17, 15) is 0 Å². The van der Waals surface area contributed by atoms with Crippen LogP contribution in [0, 0.1) is 0 Å². The number of halogens is 1. The largest absolute Gasteiger partial charge is 0.493 e. The molecule has 1 aliphatic heterocycles. The smallest absolute Gasteiger partial charge is 0.165 e. The quantitative estimate of drug-likeness (QED) is 0.925. The number of ether oxygens (including phenoxy) is 2. The van der Waals surface area contributed by atoms with Gasteiger partial charge < -0.3 is 14.8 Å². The highest BCUT2D eigenvalue weighted by molar-refractivity contribution is 5.85. The second-order valence-corrected chi connectivity index (χ2v) is 5.32. The Morgan fingerprint density at radius 2 is 1.80 bits per heavy atom. The van der Waals surface area contributed by atoms with Gasteiger partial charge in [0.1, 0.15) is 0 Å². The van der Waals surface area contributed by atoms with Crippen LogP contribution in [-0.4, -0.2) is 44.3 Å². The molecule has 0 radical (unpaired) electrons. The Labute approximate surface area is 127 Å². The van der Waals surface area contributed by atoms with Crippen molar-refractivity contribution in [2.75, 3.05) is 27.3 Å². The Hall–Kier alpha value is -0.970. The molecule has 0 aromatic heterocycles. The van der Waals surface area contributed by atoms with Crippen LogP contribution in [0.15, 0.2) is 18.2 Å². The van der Waals surface area contributed by atoms with Gasteiger partial charge in [-0.3, -0.25) is 4.90 Å². The maximum absolute atomic E-state index is 5.50. The molecule has 0 bridgehead atoms. The zero-order chi connectivity index (χ0) is 13.8. The average Bonchev–Trinajstić information content (AvgIpc) is 2.37. The number of piperazine rings is 1. The van der Waals surface area contributed by atoms with E-state index < -0.39 is 0 Å². The highest BCUT2D eigenvalue weighted by Gasteiger charge is 2.22. The Bertz CT molecular complexity index is 418. The molecule has 2 rings (SSSR count). The second-order valence-electron chi connectivity index (χ2n) is 5.32. The Morgan fingerprint density at radius 1 is 1.15 bits per heavy atom. The molecule has 114 valence electrons. The molecular formula is C15H25ClN2O2. The summed E-state index contributed by atoms with van der Waals surface area (Å²) in [5.74, 6) is 1.65. The van der Waals surface area contributed by atoms with Crippen molar-refractivity contribution in [1.82, 2.24) is 10.2 Å². The summed E-state index contributed by atoms with van der Waals surface area (Å²) in [5.41, 5.74) is 1.18. The van der Waals surface area contributed by atoms with Crippen LogP contribution in [0.5, 0.6) is 11.5 Å². The second kappa shape index (κ2) is 7.72. The van der Waals surface area contributed by atoms with Gasteiger partial charge >= 0.3 is 0 Å². The summed E-state index contributed by atoms with van der Waals surface area (Å²) >= 11 is 0. The van der Waals surface area contributed by atoms with Crippen LogP contribution in [0.4, 0.5) is 0 Å². The lowest BCUT2D eigenvalue weighted by molar-refractivity contribution is 0.165. The van der Waals surface area contributed by atoms with Gasteiger partial charge in [0.15, 0.2) is 11.5 Å². The fourth-order valence-corrected chi connectivity index (χ4v) is 2.89. The van der Waals surface area contributed by atoms with E-state index in [1.54, 1.807) is 14.2 Å². The molecule has 1 aliphatic rings. The van der Waals surface area contributed by atoms with Crippen molar-refractivity contribution < 1.29 is 9.47 Å². The van der Waals surface area contributed by atoms with E-state index in [0.717, 1.165) is 31.1 Å². The summed E-state index contributed by atoms with van der Waals surface area (Å²) in [6.07, 6.45) is 0. The molecule has 2 unspecified atom stereocenters. The summed E-state index contributed by atoms with van der Waals surface area (Å²) in [4.78, 5) is 2.46. The fraction of sp³-hybridized carbons (Fsp3) is 0.600. The molecule has 1 saturated heterocycles. The zero-order valence-corrected chi connectivity index (χ0v) is 13.5. The first kappa shape index (κ1) is 17.1. The molecule has 0 spiro atoms. The van der Waals surface area contributed by atoms with E-state index >= 15 is 0 Å². The summed E-state index contributed by atoms with van der Waals surface area (Å²) in [7, 11) is 3.38. The van der Waals surface area contributed by atoms with Gasteiger partial charge in [-0.05, 0) is 19.9 Å². The van der Waals surface area contributed by atoms with Crippen LogP contribution in [0.1, 0.15) is 19.4 Å². The van der Waals surface area contributed by atoms with Crippen LogP contribution >= 0.6 is 12.4 Å². The molecule has 0 amide bonds. The molecule has 2 atom stereocenters. The van der Waals surface area contributed by atoms with Gasteiger partial charge in [-0.15, -0.1) is 12.4 Å². The summed E-state index contributed by atoms with van der Waals surface area (Å²) < 4.78 is 10.8. The lowest BCUT2D eigenvalue weighted by atomic mass is 10.1. The lowest BCUT2D eigenvalue weighted by Gasteiger charge is -2.36. The number of hydrogen-bond donors (Lipinski definition) is 1. The van der Waals surface area contributed by atoms with Gasteiger partial charge in [0.25, 0.3) is 0 Å². The van der Waals surface area contributed by atoms with Crippen molar-refractivity contribution in [3.63, 3.8) is 0 Å². The molecule has 1 aromatic rings. The first-order chi connectivity index (χ1) is 9.13. The standard InChI is InChI=1S/C15H24N2O2.ClH/c1-11-8-17(9-12(2)16-11)10-13-6-5-7-14(18-3)15(13)19-4;/h5-7,11-12,16H,8-10H2,1-4H3;1H. The maximum atomic E-state index is 5.50. The lowest BCUT2D eigenvalue weighted by Crippen LogP contribution is -2.53. The van der Waals surface area contributed by atoms with E-state index in [4.69, 9.17) is 9.47 Å². The van der Waals surface area contributed by atoms with Gasteiger partial charge in [0.05, 0.1) is 14.2 Å². The highest BCUT2D eigenvalue weighted by atomic mass is 35.5. The van der Waals surface area contributed by atoms with Crippen LogP contribution in [0.25, 0.3) is 0 Å². The van der Waals surface area contributed by atoms with E-state index in [0.29, 0.717) is 12.1 Å². The van der Waals surface area contributed by atoms with Gasteiger partial charge in [-0.1, -0.05) is 12.1 Å². The average molecular weight is 301 g/mol. The maximum Gasteiger partial charge on any atom is 0.165 e. The SMILES string of the molecule is COc1cccc(CN2CC(C)NC(C)C2)c1OC.Cl. The van der Waals surface area contributed by atoms with Crippen molar-refractivity contribution in [3.8, 4) is 11.5 Å². The number of nitrogens with zero attached hydrogens (tertiary/aromatic N) is 1. The van der Waals surface area contributed by atoms with Crippen molar-refractivity contribution in [2.24, 2.45) is 0 Å². The highest BCUT2D eigenvalue weighted by Crippen LogP contribution is 2.31. The van der Waals surface area contributed by atoms with Gasteiger partial charge in [-0.2, -0.15) is 0 Å². The topological polar surface area (TPSA) is 33.7 Å². The van der Waals surface area contributed by atoms with Gasteiger partial charge in [0, 0.05) is 37.3 Å². The normalized spacial score (nSPS) is 23.0. The number of methoxy groups -OCH3 is 2.